The van der Waals surface area contributed by atoms with Crippen LogP contribution in [0.4, 0.5) is 0 Å². The van der Waals surface area contributed by atoms with Crippen LogP contribution in [-0.2, 0) is 6.42 Å². The van der Waals surface area contributed by atoms with Gasteiger partial charge in [0.2, 0.25) is 0 Å². The number of aromatic amines is 1. The third-order valence-electron chi connectivity index (χ3n) is 4.80. The molecule has 6 heteroatoms. The van der Waals surface area contributed by atoms with E-state index in [4.69, 9.17) is 15.6 Å². The van der Waals surface area contributed by atoms with Crippen molar-refractivity contribution in [3.63, 3.8) is 0 Å². The second kappa shape index (κ2) is 8.16. The van der Waals surface area contributed by atoms with E-state index in [1.807, 2.05) is 30.5 Å². The molecule has 0 saturated heterocycles. The topological polar surface area (TPSA) is 101 Å². The first-order valence-corrected chi connectivity index (χ1v) is 9.32. The van der Waals surface area contributed by atoms with Crippen LogP contribution < -0.4 is 10.5 Å². The van der Waals surface area contributed by atoms with Crippen LogP contribution in [0.2, 0.25) is 0 Å². The number of benzene rings is 2. The maximum Gasteiger partial charge on any atom is 0.335 e. The predicted molar refractivity (Wildman–Crippen MR) is 112 cm³/mol. The molecule has 4 aromatic rings. The van der Waals surface area contributed by atoms with Crippen molar-refractivity contribution in [1.29, 1.82) is 0 Å². The number of rotatable bonds is 7. The lowest BCUT2D eigenvalue weighted by Gasteiger charge is -2.13. The van der Waals surface area contributed by atoms with Gasteiger partial charge < -0.3 is 20.6 Å². The van der Waals surface area contributed by atoms with Gasteiger partial charge in [0.1, 0.15) is 12.4 Å². The fourth-order valence-corrected chi connectivity index (χ4v) is 3.31. The summed E-state index contributed by atoms with van der Waals surface area (Å²) in [7, 11) is 0. The van der Waals surface area contributed by atoms with E-state index < -0.39 is 5.97 Å². The number of hydrogen-bond donors (Lipinski definition) is 3. The number of H-pyrrole nitrogens is 1. The van der Waals surface area contributed by atoms with Gasteiger partial charge in [-0.05, 0) is 41.8 Å². The first-order chi connectivity index (χ1) is 14.1. The summed E-state index contributed by atoms with van der Waals surface area (Å²) in [6.07, 6.45) is 6.06. The summed E-state index contributed by atoms with van der Waals surface area (Å²) in [5, 5.41) is 10.2. The van der Waals surface area contributed by atoms with Gasteiger partial charge in [0.25, 0.3) is 0 Å². The summed E-state index contributed by atoms with van der Waals surface area (Å²) >= 11 is 0. The summed E-state index contributed by atoms with van der Waals surface area (Å²) < 4.78 is 5.86. The van der Waals surface area contributed by atoms with Gasteiger partial charge in [0.15, 0.2) is 0 Å². The van der Waals surface area contributed by atoms with Gasteiger partial charge in [-0.1, -0.05) is 30.3 Å². The summed E-state index contributed by atoms with van der Waals surface area (Å²) in [4.78, 5) is 18.5. The average molecular weight is 387 g/mol. The molecule has 0 aliphatic rings. The van der Waals surface area contributed by atoms with Gasteiger partial charge in [-0.3, -0.25) is 4.98 Å². The number of nitrogens with zero attached hydrogens (tertiary/aromatic N) is 1. The zero-order valence-electron chi connectivity index (χ0n) is 15.7. The van der Waals surface area contributed by atoms with Crippen molar-refractivity contribution in [3.8, 4) is 16.9 Å². The Morgan fingerprint density at radius 1 is 1.10 bits per heavy atom. The number of nitrogens with two attached hydrogens (primary N) is 1. The maximum atomic E-state index is 11.0. The molecule has 0 spiro atoms. The van der Waals surface area contributed by atoms with E-state index in [9.17, 15) is 4.79 Å². The van der Waals surface area contributed by atoms with Crippen LogP contribution >= 0.6 is 0 Å². The Hall–Kier alpha value is -3.64. The van der Waals surface area contributed by atoms with E-state index in [1.165, 1.54) is 10.9 Å². The Morgan fingerprint density at radius 2 is 1.90 bits per heavy atom. The molecule has 4 rings (SSSR count). The summed E-state index contributed by atoms with van der Waals surface area (Å²) in [5.41, 5.74) is 10.5. The van der Waals surface area contributed by atoms with Crippen molar-refractivity contribution in [2.45, 2.75) is 12.5 Å². The molecule has 2 aromatic carbocycles. The number of aromatic carboxylic acids is 1. The Labute approximate surface area is 168 Å². The van der Waals surface area contributed by atoms with E-state index in [0.717, 1.165) is 16.6 Å². The van der Waals surface area contributed by atoms with Crippen LogP contribution in [0.3, 0.4) is 0 Å². The molecule has 2 heterocycles. The van der Waals surface area contributed by atoms with Crippen LogP contribution in [0.15, 0.2) is 73.2 Å². The smallest absolute Gasteiger partial charge is 0.335 e. The molecule has 146 valence electrons. The normalized spacial score (nSPS) is 12.0. The van der Waals surface area contributed by atoms with Crippen LogP contribution in [0.5, 0.6) is 5.75 Å². The molecular weight excluding hydrogens is 366 g/mol. The van der Waals surface area contributed by atoms with E-state index in [-0.39, 0.29) is 11.6 Å². The molecule has 0 aliphatic carbocycles. The number of pyridine rings is 1. The Balaban J connectivity index is 1.40. The quantitative estimate of drug-likeness (QED) is 0.447. The third-order valence-corrected chi connectivity index (χ3v) is 4.80. The molecular formula is C23H21N3O3. The fraction of sp³-hybridized carbons (Fsp3) is 0.130. The number of carboxylic acids is 1. The number of para-hydroxylation sites is 1. The molecule has 29 heavy (non-hydrogen) atoms. The monoisotopic (exact) mass is 387 g/mol. The Morgan fingerprint density at radius 3 is 2.69 bits per heavy atom. The Kier molecular flexibility index (Phi) is 5.27. The summed E-state index contributed by atoms with van der Waals surface area (Å²) in [6.45, 7) is 0.364. The highest BCUT2D eigenvalue weighted by Crippen LogP contribution is 2.24. The number of aromatic nitrogens is 2. The standard InChI is InChI=1S/C23H21N3O3/c24-19(9-18-12-26-22-4-2-1-3-21(18)22)14-29-20-10-17(11-25-13-20)15-5-7-16(8-6-15)23(27)28/h1-8,10-13,19,26H,9,14,24H2,(H,27,28). The summed E-state index contributed by atoms with van der Waals surface area (Å²) in [5.74, 6) is -0.324. The van der Waals surface area contributed by atoms with Gasteiger partial charge in [0.05, 0.1) is 11.8 Å². The minimum Gasteiger partial charge on any atom is -0.490 e. The van der Waals surface area contributed by atoms with E-state index in [2.05, 4.69) is 16.0 Å². The predicted octanol–water partition coefficient (Wildman–Crippen LogP) is 3.88. The second-order valence-corrected chi connectivity index (χ2v) is 6.93. The number of hydrogen-bond acceptors (Lipinski definition) is 4. The lowest BCUT2D eigenvalue weighted by Crippen LogP contribution is -2.30. The van der Waals surface area contributed by atoms with E-state index in [1.54, 1.807) is 36.7 Å². The molecule has 0 fully saturated rings. The van der Waals surface area contributed by atoms with Crippen LogP contribution in [0, 0.1) is 0 Å². The highest BCUT2D eigenvalue weighted by atomic mass is 16.5. The number of carbonyl (C=O) groups is 1. The minimum absolute atomic E-state index is 0.160. The van der Waals surface area contributed by atoms with Crippen molar-refractivity contribution >= 4 is 16.9 Å². The number of nitrogens with one attached hydrogen (secondary N) is 1. The molecule has 0 aliphatic heterocycles. The molecule has 0 bridgehead atoms. The van der Waals surface area contributed by atoms with Crippen molar-refractivity contribution in [1.82, 2.24) is 9.97 Å². The maximum absolute atomic E-state index is 11.0. The molecule has 1 unspecified atom stereocenters. The van der Waals surface area contributed by atoms with E-state index in [0.29, 0.717) is 18.8 Å². The van der Waals surface area contributed by atoms with Gasteiger partial charge in [-0.15, -0.1) is 0 Å². The molecule has 2 aromatic heterocycles. The van der Waals surface area contributed by atoms with Gasteiger partial charge in [0, 0.05) is 34.9 Å². The third kappa shape index (κ3) is 4.28. The number of carboxylic acid groups (broad SMARTS) is 1. The van der Waals surface area contributed by atoms with Gasteiger partial charge in [-0.25, -0.2) is 4.79 Å². The van der Waals surface area contributed by atoms with Crippen molar-refractivity contribution < 1.29 is 14.6 Å². The second-order valence-electron chi connectivity index (χ2n) is 6.93. The lowest BCUT2D eigenvalue weighted by molar-refractivity contribution is 0.0697. The van der Waals surface area contributed by atoms with E-state index >= 15 is 0 Å². The largest absolute Gasteiger partial charge is 0.490 e. The highest BCUT2D eigenvalue weighted by Gasteiger charge is 2.10. The van der Waals surface area contributed by atoms with Crippen molar-refractivity contribution in [2.24, 2.45) is 5.73 Å². The highest BCUT2D eigenvalue weighted by molar-refractivity contribution is 5.88. The van der Waals surface area contributed by atoms with Crippen LogP contribution in [0.1, 0.15) is 15.9 Å². The molecule has 0 amide bonds. The first-order valence-electron chi connectivity index (χ1n) is 9.32. The molecule has 0 radical (unpaired) electrons. The first kappa shape index (κ1) is 18.7. The minimum atomic E-state index is -0.948. The molecule has 0 saturated carbocycles. The summed E-state index contributed by atoms with van der Waals surface area (Å²) in [6, 6.07) is 16.5. The number of ether oxygens (including phenoxy) is 1. The van der Waals surface area contributed by atoms with Crippen LogP contribution in [-0.4, -0.2) is 33.7 Å². The number of fused-ring (bicyclic) bond motifs is 1. The molecule has 1 atom stereocenters. The zero-order valence-corrected chi connectivity index (χ0v) is 15.7. The van der Waals surface area contributed by atoms with Gasteiger partial charge in [-0.2, -0.15) is 0 Å². The zero-order chi connectivity index (χ0) is 20.2. The van der Waals surface area contributed by atoms with Crippen molar-refractivity contribution in [2.75, 3.05) is 6.61 Å². The lowest BCUT2D eigenvalue weighted by atomic mass is 10.1. The van der Waals surface area contributed by atoms with Gasteiger partial charge >= 0.3 is 5.97 Å². The Bertz CT molecular complexity index is 1140. The fourth-order valence-electron chi connectivity index (χ4n) is 3.31. The average Bonchev–Trinajstić information content (AvgIpc) is 3.15. The molecule has 4 N–H and O–H groups in total. The SMILES string of the molecule is NC(COc1cncc(-c2ccc(C(=O)O)cc2)c1)Cc1c[nH]c2ccccc12. The van der Waals surface area contributed by atoms with Crippen LogP contribution in [0.25, 0.3) is 22.0 Å². The molecule has 6 nitrogen and oxygen atoms in total. The van der Waals surface area contributed by atoms with Crippen molar-refractivity contribution in [3.05, 3.63) is 84.3 Å².